The summed E-state index contributed by atoms with van der Waals surface area (Å²) >= 11 is 0. The third-order valence-electron chi connectivity index (χ3n) is 16.4. The zero-order chi connectivity index (χ0) is 61.6. The maximum Gasteiger partial charge on any atom is 0.238 e. The van der Waals surface area contributed by atoms with Gasteiger partial charge < -0.3 is 4.57 Å². The molecule has 11 aromatic carbocycles. The summed E-state index contributed by atoms with van der Waals surface area (Å²) in [7, 11) is 0. The fraction of sp³-hybridized carbons (Fsp3) is 0. The molecule has 13 heteroatoms. The minimum atomic E-state index is 0.228. The molecule has 0 unspecified atom stereocenters. The van der Waals surface area contributed by atoms with E-state index in [1.165, 1.54) is 0 Å². The molecular weight excluding hydrogens is 1110 g/mol. The van der Waals surface area contributed by atoms with Crippen LogP contribution in [0, 0.1) is 90.6 Å². The molecular formula is C77H37N13. The molecule has 0 atom stereocenters. The number of para-hydroxylation sites is 1. The Balaban J connectivity index is 0.999. The standard InChI is InChI=1S/C77H37N13/c78-38-51-16-7-17-52(39-79)69(51)49-28-34-60-61-35-29-50(70-53(40-80)18-8-19-54(70)41-81)37-68(61)89(67(60)36-49)58-31-26-46(27-32-58)59-33-30-57(44-84)72(65(59)45-85)62-22-11-25-66-73(62)64-24-10-23-63(71-55(42-82)20-9-21-56(71)43-83)74(64)90(66)77-87-75(47-12-3-1-4-13-47)86-76(88-77)48-14-5-2-6-15-48/h1-37H. The molecule has 0 fully saturated rings. The Labute approximate surface area is 514 Å². The van der Waals surface area contributed by atoms with Crippen LogP contribution in [-0.4, -0.2) is 24.1 Å². The lowest BCUT2D eigenvalue weighted by atomic mass is 9.87. The second-order valence-electron chi connectivity index (χ2n) is 21.1. The highest BCUT2D eigenvalue weighted by molar-refractivity contribution is 6.20. The summed E-state index contributed by atoms with van der Waals surface area (Å²) in [6.07, 6.45) is 0. The molecule has 0 spiro atoms. The summed E-state index contributed by atoms with van der Waals surface area (Å²) in [4.78, 5) is 15.4. The zero-order valence-corrected chi connectivity index (χ0v) is 47.2. The molecule has 14 rings (SSSR count). The van der Waals surface area contributed by atoms with Gasteiger partial charge in [-0.2, -0.15) is 52.1 Å². The number of rotatable bonds is 9. The van der Waals surface area contributed by atoms with Gasteiger partial charge in [-0.25, -0.2) is 4.98 Å². The summed E-state index contributed by atoms with van der Waals surface area (Å²) in [6.45, 7) is 0. The molecule has 0 amide bonds. The van der Waals surface area contributed by atoms with Gasteiger partial charge >= 0.3 is 0 Å². The van der Waals surface area contributed by atoms with Gasteiger partial charge in [0, 0.05) is 71.7 Å². The van der Waals surface area contributed by atoms with E-state index in [-0.39, 0.29) is 28.2 Å². The maximum atomic E-state index is 11.6. The largest absolute Gasteiger partial charge is 0.309 e. The van der Waals surface area contributed by atoms with Crippen LogP contribution in [0.15, 0.2) is 224 Å². The molecule has 0 N–H and O–H groups in total. The van der Waals surface area contributed by atoms with Crippen molar-refractivity contribution in [3.8, 4) is 139 Å². The Morgan fingerprint density at radius 1 is 0.278 bits per heavy atom. The topological polar surface area (TPSA) is 239 Å². The first-order valence-electron chi connectivity index (χ1n) is 28.2. The van der Waals surface area contributed by atoms with Gasteiger partial charge in [-0.05, 0) is 95.1 Å². The lowest BCUT2D eigenvalue weighted by molar-refractivity contribution is 0.954. The Morgan fingerprint density at radius 2 is 0.722 bits per heavy atom. The van der Waals surface area contributed by atoms with Gasteiger partial charge in [-0.1, -0.05) is 152 Å². The fourth-order valence-corrected chi connectivity index (χ4v) is 12.5. The molecule has 0 aliphatic rings. The van der Waals surface area contributed by atoms with Crippen molar-refractivity contribution in [2.24, 2.45) is 0 Å². The van der Waals surface area contributed by atoms with Crippen LogP contribution in [-0.2, 0) is 0 Å². The molecule has 0 aliphatic carbocycles. The van der Waals surface area contributed by atoms with E-state index >= 15 is 0 Å². The molecule has 0 aliphatic heterocycles. The van der Waals surface area contributed by atoms with Crippen LogP contribution in [0.1, 0.15) is 44.5 Å². The number of hydrogen-bond acceptors (Lipinski definition) is 11. The average molecular weight is 1140 g/mol. The third kappa shape index (κ3) is 8.68. The van der Waals surface area contributed by atoms with Gasteiger partial charge in [0.25, 0.3) is 0 Å². The van der Waals surface area contributed by atoms with E-state index in [0.29, 0.717) is 117 Å². The van der Waals surface area contributed by atoms with Gasteiger partial charge in [0.05, 0.1) is 109 Å². The quantitative estimate of drug-likeness (QED) is 0.132. The van der Waals surface area contributed by atoms with Crippen molar-refractivity contribution in [1.82, 2.24) is 24.1 Å². The third-order valence-corrected chi connectivity index (χ3v) is 16.4. The van der Waals surface area contributed by atoms with Crippen LogP contribution in [0.25, 0.3) is 134 Å². The second-order valence-corrected chi connectivity index (χ2v) is 21.1. The van der Waals surface area contributed by atoms with Crippen LogP contribution in [0.5, 0.6) is 0 Å². The van der Waals surface area contributed by atoms with Crippen LogP contribution in [0.2, 0.25) is 0 Å². The van der Waals surface area contributed by atoms with Crippen molar-refractivity contribution < 1.29 is 0 Å². The number of hydrogen-bond donors (Lipinski definition) is 0. The highest BCUT2D eigenvalue weighted by Gasteiger charge is 2.28. The SMILES string of the molecule is N#Cc1cccc(C#N)c1-c1ccc2c3ccc(-c4c(C#N)cccc4C#N)cc3n(-c3ccc(-c4ccc(C#N)c(-c5cccc6c5c5cccc(-c7c(C#N)cccc7C#N)c5n6-c5nc(-c6ccccc6)nc(-c6ccccc6)n5)c4C#N)cc3)c2c1. The normalized spacial score (nSPS) is 10.8. The molecule has 0 saturated heterocycles. The minimum Gasteiger partial charge on any atom is -0.309 e. The first-order chi connectivity index (χ1) is 44.3. The lowest BCUT2D eigenvalue weighted by Crippen LogP contribution is -2.07. The second kappa shape index (κ2) is 22.2. The highest BCUT2D eigenvalue weighted by Crippen LogP contribution is 2.47. The summed E-state index contributed by atoms with van der Waals surface area (Å²) in [5.41, 5.74) is 12.6. The molecule has 13 nitrogen and oxygen atoms in total. The van der Waals surface area contributed by atoms with Gasteiger partial charge in [-0.15, -0.1) is 0 Å². The predicted octanol–water partition coefficient (Wildman–Crippen LogP) is 16.7. The van der Waals surface area contributed by atoms with Gasteiger partial charge in [-0.3, -0.25) is 4.57 Å². The van der Waals surface area contributed by atoms with Crippen molar-refractivity contribution in [1.29, 1.82) is 42.1 Å². The summed E-state index contributed by atoms with van der Waals surface area (Å²) in [5.74, 6) is 1.03. The van der Waals surface area contributed by atoms with E-state index in [4.69, 9.17) is 15.0 Å². The lowest BCUT2D eigenvalue weighted by Gasteiger charge is -2.15. The maximum absolute atomic E-state index is 11.6. The molecule has 410 valence electrons. The smallest absolute Gasteiger partial charge is 0.238 e. The van der Waals surface area contributed by atoms with E-state index in [2.05, 4.69) is 53.1 Å². The minimum absolute atomic E-state index is 0.228. The monoisotopic (exact) mass is 1140 g/mol. The Morgan fingerprint density at radius 3 is 1.21 bits per heavy atom. The van der Waals surface area contributed by atoms with Crippen molar-refractivity contribution >= 4 is 43.6 Å². The molecule has 3 heterocycles. The van der Waals surface area contributed by atoms with Crippen LogP contribution in [0.4, 0.5) is 0 Å². The fourth-order valence-electron chi connectivity index (χ4n) is 12.5. The van der Waals surface area contributed by atoms with Crippen LogP contribution < -0.4 is 0 Å². The van der Waals surface area contributed by atoms with Crippen molar-refractivity contribution in [3.63, 3.8) is 0 Å². The Kier molecular flexibility index (Phi) is 13.3. The van der Waals surface area contributed by atoms with E-state index in [9.17, 15) is 42.1 Å². The first kappa shape index (κ1) is 53.9. The number of benzene rings is 11. The van der Waals surface area contributed by atoms with Crippen molar-refractivity contribution in [2.45, 2.75) is 0 Å². The Bertz CT molecular complexity index is 5470. The molecule has 0 radical (unpaired) electrons. The van der Waals surface area contributed by atoms with E-state index in [0.717, 1.165) is 32.9 Å². The number of aromatic nitrogens is 5. The number of nitrogens with zero attached hydrogens (tertiary/aromatic N) is 13. The summed E-state index contributed by atoms with van der Waals surface area (Å²) in [6, 6.07) is 87.1. The van der Waals surface area contributed by atoms with Gasteiger partial charge in [0.1, 0.15) is 6.07 Å². The zero-order valence-electron chi connectivity index (χ0n) is 47.2. The van der Waals surface area contributed by atoms with E-state index in [1.54, 1.807) is 66.7 Å². The molecule has 14 aromatic rings. The number of nitriles is 8. The van der Waals surface area contributed by atoms with Gasteiger partial charge in [0.2, 0.25) is 5.95 Å². The van der Waals surface area contributed by atoms with Crippen molar-refractivity contribution in [2.75, 3.05) is 0 Å². The van der Waals surface area contributed by atoms with Gasteiger partial charge in [0.15, 0.2) is 11.6 Å². The van der Waals surface area contributed by atoms with E-state index < -0.39 is 0 Å². The average Bonchev–Trinajstić information content (AvgIpc) is 1.57. The van der Waals surface area contributed by atoms with Crippen molar-refractivity contribution in [3.05, 3.63) is 269 Å². The molecule has 0 bridgehead atoms. The summed E-state index contributed by atoms with van der Waals surface area (Å²) in [5, 5.41) is 88.2. The number of fused-ring (bicyclic) bond motifs is 6. The Hall–Kier alpha value is -14.1. The predicted molar refractivity (Wildman–Crippen MR) is 344 cm³/mol. The van der Waals surface area contributed by atoms with E-state index in [1.807, 2.05) is 162 Å². The van der Waals surface area contributed by atoms with Crippen LogP contribution in [0.3, 0.4) is 0 Å². The first-order valence-corrected chi connectivity index (χ1v) is 28.2. The molecule has 90 heavy (non-hydrogen) atoms. The highest BCUT2D eigenvalue weighted by atomic mass is 15.2. The summed E-state index contributed by atoms with van der Waals surface area (Å²) < 4.78 is 3.98. The molecule has 0 saturated carbocycles. The van der Waals surface area contributed by atoms with Crippen LogP contribution >= 0.6 is 0 Å². The molecule has 3 aromatic heterocycles.